The molecule has 0 atom stereocenters. The van der Waals surface area contributed by atoms with E-state index in [-0.39, 0.29) is 0 Å². The van der Waals surface area contributed by atoms with E-state index in [1.165, 1.54) is 22.2 Å². The Labute approximate surface area is 143 Å². The van der Waals surface area contributed by atoms with Crippen molar-refractivity contribution in [2.45, 2.75) is 17.1 Å². The van der Waals surface area contributed by atoms with Gasteiger partial charge in [0.15, 0.2) is 10.8 Å². The summed E-state index contributed by atoms with van der Waals surface area (Å²) in [6.07, 6.45) is -3.45. The number of rotatable bonds is 3. The molecule has 3 rings (SSSR count). The maximum absolute atomic E-state index is 12.8. The van der Waals surface area contributed by atoms with Crippen molar-refractivity contribution in [2.75, 3.05) is 0 Å². The topological polar surface area (TPSA) is 30.2 Å². The van der Waals surface area contributed by atoms with E-state index in [1.807, 2.05) is 0 Å². The zero-order valence-electron chi connectivity index (χ0n) is 11.3. The van der Waals surface area contributed by atoms with Gasteiger partial charge in [0.2, 0.25) is 0 Å². The SMILES string of the molecule is FC(F)(F)c1ccc2nnc(SCc3c(Cl)cccc3Cl)n2c1. The van der Waals surface area contributed by atoms with Crippen molar-refractivity contribution in [2.24, 2.45) is 0 Å². The van der Waals surface area contributed by atoms with Crippen LogP contribution in [0.1, 0.15) is 11.1 Å². The van der Waals surface area contributed by atoms with Crippen molar-refractivity contribution < 1.29 is 13.2 Å². The van der Waals surface area contributed by atoms with Crippen molar-refractivity contribution in [3.63, 3.8) is 0 Å². The first-order valence-electron chi connectivity index (χ1n) is 6.34. The average Bonchev–Trinajstić information content (AvgIpc) is 2.88. The van der Waals surface area contributed by atoms with Gasteiger partial charge in [-0.1, -0.05) is 41.0 Å². The molecular formula is C14H8Cl2F3N3S. The molecule has 2 aromatic heterocycles. The molecular weight excluding hydrogens is 370 g/mol. The van der Waals surface area contributed by atoms with Crippen LogP contribution in [0.3, 0.4) is 0 Å². The van der Waals surface area contributed by atoms with Gasteiger partial charge in [0.1, 0.15) is 0 Å². The van der Waals surface area contributed by atoms with E-state index in [2.05, 4.69) is 10.2 Å². The second-order valence-electron chi connectivity index (χ2n) is 4.62. The summed E-state index contributed by atoms with van der Waals surface area (Å²) >= 11 is 13.4. The first kappa shape index (κ1) is 16.4. The zero-order chi connectivity index (χ0) is 16.6. The van der Waals surface area contributed by atoms with Gasteiger partial charge in [-0.3, -0.25) is 4.40 Å². The second-order valence-corrected chi connectivity index (χ2v) is 6.37. The number of hydrogen-bond donors (Lipinski definition) is 0. The molecule has 0 bridgehead atoms. The van der Waals surface area contributed by atoms with Gasteiger partial charge in [-0.05, 0) is 29.8 Å². The molecule has 0 aliphatic carbocycles. The highest BCUT2D eigenvalue weighted by molar-refractivity contribution is 7.98. The number of pyridine rings is 1. The van der Waals surface area contributed by atoms with E-state index < -0.39 is 11.7 Å². The number of nitrogens with zero attached hydrogens (tertiary/aromatic N) is 3. The maximum Gasteiger partial charge on any atom is 0.417 e. The predicted molar refractivity (Wildman–Crippen MR) is 84.0 cm³/mol. The molecule has 0 saturated carbocycles. The standard InChI is InChI=1S/C14H8Cl2F3N3S/c15-10-2-1-3-11(16)9(10)7-23-13-21-20-12-5-4-8(6-22(12)13)14(17,18)19/h1-6H,7H2. The van der Waals surface area contributed by atoms with Crippen LogP contribution in [0.25, 0.3) is 5.65 Å². The minimum Gasteiger partial charge on any atom is -0.277 e. The number of alkyl halides is 3. The normalized spacial score (nSPS) is 12.0. The summed E-state index contributed by atoms with van der Waals surface area (Å²) in [7, 11) is 0. The summed E-state index contributed by atoms with van der Waals surface area (Å²) in [6, 6.07) is 7.38. The van der Waals surface area contributed by atoms with Crippen LogP contribution >= 0.6 is 35.0 Å². The quantitative estimate of drug-likeness (QED) is 0.576. The van der Waals surface area contributed by atoms with Crippen LogP contribution in [0.4, 0.5) is 13.2 Å². The van der Waals surface area contributed by atoms with Gasteiger partial charge in [0.05, 0.1) is 5.56 Å². The Bertz CT molecular complexity index is 844. The molecule has 0 amide bonds. The molecule has 0 radical (unpaired) electrons. The Morgan fingerprint density at radius 1 is 1.04 bits per heavy atom. The van der Waals surface area contributed by atoms with Crippen molar-refractivity contribution in [3.05, 3.63) is 57.7 Å². The Morgan fingerprint density at radius 3 is 2.39 bits per heavy atom. The predicted octanol–water partition coefficient (Wildman–Crippen LogP) is 5.35. The Balaban J connectivity index is 1.91. The minimum atomic E-state index is -4.42. The van der Waals surface area contributed by atoms with Crippen LogP contribution in [-0.2, 0) is 11.9 Å². The highest BCUT2D eigenvalue weighted by Gasteiger charge is 2.31. The number of benzene rings is 1. The van der Waals surface area contributed by atoms with E-state index >= 15 is 0 Å². The number of fused-ring (bicyclic) bond motifs is 1. The van der Waals surface area contributed by atoms with Gasteiger partial charge >= 0.3 is 6.18 Å². The van der Waals surface area contributed by atoms with Gasteiger partial charge in [0, 0.05) is 22.0 Å². The van der Waals surface area contributed by atoms with Crippen molar-refractivity contribution >= 4 is 40.6 Å². The molecule has 2 heterocycles. The van der Waals surface area contributed by atoms with Gasteiger partial charge in [-0.15, -0.1) is 10.2 Å². The van der Waals surface area contributed by atoms with Gasteiger partial charge < -0.3 is 0 Å². The molecule has 3 aromatic rings. The van der Waals surface area contributed by atoms with Gasteiger partial charge in [-0.2, -0.15) is 13.2 Å². The summed E-state index contributed by atoms with van der Waals surface area (Å²) in [5, 5.41) is 9.10. The summed E-state index contributed by atoms with van der Waals surface area (Å²) in [5.74, 6) is 0.371. The third-order valence-electron chi connectivity index (χ3n) is 3.11. The summed E-state index contributed by atoms with van der Waals surface area (Å²) in [6.45, 7) is 0. The fourth-order valence-electron chi connectivity index (χ4n) is 1.94. The molecule has 0 spiro atoms. The van der Waals surface area contributed by atoms with Crippen LogP contribution in [-0.4, -0.2) is 14.6 Å². The second kappa shape index (κ2) is 6.22. The summed E-state index contributed by atoms with van der Waals surface area (Å²) in [5.41, 5.74) is 0.276. The fraction of sp³-hybridized carbons (Fsp3) is 0.143. The Kier molecular flexibility index (Phi) is 4.44. The van der Waals surface area contributed by atoms with Gasteiger partial charge in [-0.25, -0.2) is 0 Å². The minimum absolute atomic E-state index is 0.335. The zero-order valence-corrected chi connectivity index (χ0v) is 13.6. The maximum atomic E-state index is 12.8. The lowest BCUT2D eigenvalue weighted by molar-refractivity contribution is -0.137. The van der Waals surface area contributed by atoms with E-state index in [0.29, 0.717) is 32.2 Å². The molecule has 0 unspecified atom stereocenters. The van der Waals surface area contributed by atoms with Crippen LogP contribution in [0, 0.1) is 0 Å². The molecule has 0 aliphatic heterocycles. The van der Waals surface area contributed by atoms with Crippen LogP contribution in [0.15, 0.2) is 41.7 Å². The Morgan fingerprint density at radius 2 is 1.74 bits per heavy atom. The molecule has 3 nitrogen and oxygen atoms in total. The number of aromatic nitrogens is 3. The molecule has 0 N–H and O–H groups in total. The van der Waals surface area contributed by atoms with Crippen LogP contribution < -0.4 is 0 Å². The van der Waals surface area contributed by atoms with Crippen molar-refractivity contribution in [1.82, 2.24) is 14.6 Å². The smallest absolute Gasteiger partial charge is 0.277 e. The average molecular weight is 378 g/mol. The lowest BCUT2D eigenvalue weighted by atomic mass is 10.2. The first-order chi connectivity index (χ1) is 10.9. The lowest BCUT2D eigenvalue weighted by Crippen LogP contribution is -2.06. The molecule has 0 saturated heterocycles. The van der Waals surface area contributed by atoms with Crippen LogP contribution in [0.2, 0.25) is 10.0 Å². The first-order valence-corrected chi connectivity index (χ1v) is 8.08. The van der Waals surface area contributed by atoms with Crippen molar-refractivity contribution in [1.29, 1.82) is 0 Å². The molecule has 120 valence electrons. The van der Waals surface area contributed by atoms with E-state index in [1.54, 1.807) is 18.2 Å². The fourth-order valence-corrected chi connectivity index (χ4v) is 3.60. The van der Waals surface area contributed by atoms with E-state index in [4.69, 9.17) is 23.2 Å². The third-order valence-corrected chi connectivity index (χ3v) is 4.78. The number of thioether (sulfide) groups is 1. The highest BCUT2D eigenvalue weighted by atomic mass is 35.5. The molecule has 0 aliphatic rings. The summed E-state index contributed by atoms with van der Waals surface area (Å²) < 4.78 is 39.7. The molecule has 23 heavy (non-hydrogen) atoms. The number of hydrogen-bond acceptors (Lipinski definition) is 3. The summed E-state index contributed by atoms with van der Waals surface area (Å²) in [4.78, 5) is 0. The third kappa shape index (κ3) is 3.41. The highest BCUT2D eigenvalue weighted by Crippen LogP contribution is 2.33. The van der Waals surface area contributed by atoms with E-state index in [0.717, 1.165) is 12.3 Å². The molecule has 9 heteroatoms. The van der Waals surface area contributed by atoms with Gasteiger partial charge in [0.25, 0.3) is 0 Å². The number of halogens is 5. The Hall–Kier alpha value is -1.44. The van der Waals surface area contributed by atoms with Crippen LogP contribution in [0.5, 0.6) is 0 Å². The lowest BCUT2D eigenvalue weighted by Gasteiger charge is -2.08. The molecule has 1 aromatic carbocycles. The molecule has 0 fully saturated rings. The monoisotopic (exact) mass is 377 g/mol. The van der Waals surface area contributed by atoms with Crippen molar-refractivity contribution in [3.8, 4) is 0 Å². The van der Waals surface area contributed by atoms with E-state index in [9.17, 15) is 13.2 Å². The largest absolute Gasteiger partial charge is 0.417 e.